The number of ether oxygens (including phenoxy) is 1. The highest BCUT2D eigenvalue weighted by Gasteiger charge is 2.22. The Labute approximate surface area is 55.2 Å². The SMILES string of the molecule is C[C@@H]1COC(=O)C[C@H]1C. The average molecular weight is 128 g/mol. The van der Waals surface area contributed by atoms with Gasteiger partial charge in [-0.05, 0) is 11.8 Å². The summed E-state index contributed by atoms with van der Waals surface area (Å²) >= 11 is 0. The lowest BCUT2D eigenvalue weighted by Gasteiger charge is -2.24. The zero-order chi connectivity index (χ0) is 6.85. The minimum absolute atomic E-state index is 0.0411. The Kier molecular flexibility index (Phi) is 1.74. The van der Waals surface area contributed by atoms with Gasteiger partial charge in [-0.1, -0.05) is 13.8 Å². The molecule has 0 aliphatic carbocycles. The molecule has 0 aromatic heterocycles. The first-order valence-electron chi connectivity index (χ1n) is 3.36. The van der Waals surface area contributed by atoms with E-state index in [2.05, 4.69) is 13.8 Å². The summed E-state index contributed by atoms with van der Waals surface area (Å²) in [5, 5.41) is 0. The number of rotatable bonds is 0. The molecule has 1 saturated heterocycles. The van der Waals surface area contributed by atoms with E-state index in [0.717, 1.165) is 0 Å². The molecular formula is C7H12O2. The second-order valence-electron chi connectivity index (χ2n) is 2.84. The largest absolute Gasteiger partial charge is 0.465 e. The van der Waals surface area contributed by atoms with E-state index in [0.29, 0.717) is 24.9 Å². The first-order valence-corrected chi connectivity index (χ1v) is 3.36. The van der Waals surface area contributed by atoms with Crippen molar-refractivity contribution in [1.82, 2.24) is 0 Å². The van der Waals surface area contributed by atoms with Crippen LogP contribution in [0.1, 0.15) is 20.3 Å². The van der Waals surface area contributed by atoms with Crippen LogP contribution >= 0.6 is 0 Å². The summed E-state index contributed by atoms with van der Waals surface area (Å²) in [6.07, 6.45) is 0.598. The van der Waals surface area contributed by atoms with Crippen LogP contribution in [-0.4, -0.2) is 12.6 Å². The van der Waals surface area contributed by atoms with Crippen LogP contribution in [0.5, 0.6) is 0 Å². The van der Waals surface area contributed by atoms with Gasteiger partial charge in [0, 0.05) is 6.42 Å². The van der Waals surface area contributed by atoms with Crippen LogP contribution < -0.4 is 0 Å². The monoisotopic (exact) mass is 128 g/mol. The molecule has 1 rings (SSSR count). The molecule has 52 valence electrons. The summed E-state index contributed by atoms with van der Waals surface area (Å²) < 4.78 is 4.82. The molecule has 0 N–H and O–H groups in total. The molecule has 1 aliphatic heterocycles. The predicted octanol–water partition coefficient (Wildman–Crippen LogP) is 1.21. The highest BCUT2D eigenvalue weighted by molar-refractivity contribution is 5.70. The fraction of sp³-hybridized carbons (Fsp3) is 0.857. The third-order valence-electron chi connectivity index (χ3n) is 1.97. The van der Waals surface area contributed by atoms with E-state index < -0.39 is 0 Å². The van der Waals surface area contributed by atoms with Crippen LogP contribution in [-0.2, 0) is 9.53 Å². The number of carbonyl (C=O) groups excluding carboxylic acids is 1. The van der Waals surface area contributed by atoms with E-state index in [1.807, 2.05) is 0 Å². The molecule has 1 heterocycles. The van der Waals surface area contributed by atoms with Gasteiger partial charge in [0.05, 0.1) is 6.61 Å². The summed E-state index contributed by atoms with van der Waals surface area (Å²) in [4.78, 5) is 10.6. The number of hydrogen-bond acceptors (Lipinski definition) is 2. The van der Waals surface area contributed by atoms with Crippen molar-refractivity contribution >= 4 is 5.97 Å². The second kappa shape index (κ2) is 2.38. The van der Waals surface area contributed by atoms with Gasteiger partial charge in [-0.3, -0.25) is 4.79 Å². The van der Waals surface area contributed by atoms with Gasteiger partial charge < -0.3 is 4.74 Å². The highest BCUT2D eigenvalue weighted by Crippen LogP contribution is 2.20. The standard InChI is InChI=1S/C7H12O2/c1-5-3-7(8)9-4-6(5)2/h5-6H,3-4H2,1-2H3/t5-,6-/m1/s1. The zero-order valence-electron chi connectivity index (χ0n) is 5.89. The molecule has 0 bridgehead atoms. The Hall–Kier alpha value is -0.530. The molecule has 0 spiro atoms. The summed E-state index contributed by atoms with van der Waals surface area (Å²) in [5.74, 6) is 1.01. The van der Waals surface area contributed by atoms with Crippen molar-refractivity contribution < 1.29 is 9.53 Å². The maximum atomic E-state index is 10.6. The van der Waals surface area contributed by atoms with E-state index in [4.69, 9.17) is 4.74 Å². The van der Waals surface area contributed by atoms with Crippen molar-refractivity contribution in [1.29, 1.82) is 0 Å². The Bertz CT molecular complexity index is 120. The molecule has 0 unspecified atom stereocenters. The number of esters is 1. The highest BCUT2D eigenvalue weighted by atomic mass is 16.5. The molecular weight excluding hydrogens is 116 g/mol. The van der Waals surface area contributed by atoms with Gasteiger partial charge in [0.1, 0.15) is 0 Å². The molecule has 2 nitrogen and oxygen atoms in total. The van der Waals surface area contributed by atoms with Crippen molar-refractivity contribution in [2.45, 2.75) is 20.3 Å². The van der Waals surface area contributed by atoms with Crippen LogP contribution in [0.25, 0.3) is 0 Å². The zero-order valence-corrected chi connectivity index (χ0v) is 5.89. The lowest BCUT2D eigenvalue weighted by atomic mass is 9.92. The predicted molar refractivity (Wildman–Crippen MR) is 33.9 cm³/mol. The molecule has 0 aromatic carbocycles. The van der Waals surface area contributed by atoms with Crippen LogP contribution in [0.4, 0.5) is 0 Å². The molecule has 2 heteroatoms. The van der Waals surface area contributed by atoms with Gasteiger partial charge in [-0.25, -0.2) is 0 Å². The van der Waals surface area contributed by atoms with Gasteiger partial charge in [-0.15, -0.1) is 0 Å². The van der Waals surface area contributed by atoms with Gasteiger partial charge in [0.2, 0.25) is 0 Å². The van der Waals surface area contributed by atoms with Crippen molar-refractivity contribution in [3.8, 4) is 0 Å². The number of hydrogen-bond donors (Lipinski definition) is 0. The summed E-state index contributed by atoms with van der Waals surface area (Å²) in [6.45, 7) is 4.81. The topological polar surface area (TPSA) is 26.3 Å². The fourth-order valence-electron chi connectivity index (χ4n) is 0.912. The van der Waals surface area contributed by atoms with Crippen LogP contribution in [0, 0.1) is 11.8 Å². The first-order chi connectivity index (χ1) is 4.20. The third kappa shape index (κ3) is 1.44. The van der Waals surface area contributed by atoms with E-state index in [1.165, 1.54) is 0 Å². The Morgan fingerprint density at radius 1 is 1.44 bits per heavy atom. The minimum atomic E-state index is -0.0411. The Balaban J connectivity index is 2.44. The normalized spacial score (nSPS) is 36.0. The van der Waals surface area contributed by atoms with E-state index >= 15 is 0 Å². The van der Waals surface area contributed by atoms with Crippen LogP contribution in [0.15, 0.2) is 0 Å². The second-order valence-corrected chi connectivity index (χ2v) is 2.84. The Morgan fingerprint density at radius 2 is 2.11 bits per heavy atom. The molecule has 0 amide bonds. The Morgan fingerprint density at radius 3 is 2.56 bits per heavy atom. The molecule has 1 fully saturated rings. The first kappa shape index (κ1) is 6.59. The van der Waals surface area contributed by atoms with Gasteiger partial charge in [0.15, 0.2) is 0 Å². The summed E-state index contributed by atoms with van der Waals surface area (Å²) in [6, 6.07) is 0. The van der Waals surface area contributed by atoms with Gasteiger partial charge in [-0.2, -0.15) is 0 Å². The van der Waals surface area contributed by atoms with E-state index in [1.54, 1.807) is 0 Å². The van der Waals surface area contributed by atoms with Gasteiger partial charge >= 0.3 is 5.97 Å². The summed E-state index contributed by atoms with van der Waals surface area (Å²) in [7, 11) is 0. The van der Waals surface area contributed by atoms with Crippen LogP contribution in [0.3, 0.4) is 0 Å². The summed E-state index contributed by atoms with van der Waals surface area (Å²) in [5.41, 5.74) is 0. The molecule has 9 heavy (non-hydrogen) atoms. The maximum absolute atomic E-state index is 10.6. The molecule has 1 aliphatic rings. The lowest BCUT2D eigenvalue weighted by molar-refractivity contribution is -0.151. The van der Waals surface area contributed by atoms with E-state index in [9.17, 15) is 4.79 Å². The van der Waals surface area contributed by atoms with Crippen molar-refractivity contribution in [3.63, 3.8) is 0 Å². The lowest BCUT2D eigenvalue weighted by Crippen LogP contribution is -2.26. The average Bonchev–Trinajstić information content (AvgIpc) is 1.80. The third-order valence-corrected chi connectivity index (χ3v) is 1.97. The molecule has 0 radical (unpaired) electrons. The van der Waals surface area contributed by atoms with Crippen LogP contribution in [0.2, 0.25) is 0 Å². The quantitative estimate of drug-likeness (QED) is 0.458. The smallest absolute Gasteiger partial charge is 0.306 e. The van der Waals surface area contributed by atoms with Crippen molar-refractivity contribution in [3.05, 3.63) is 0 Å². The van der Waals surface area contributed by atoms with Crippen molar-refractivity contribution in [2.75, 3.05) is 6.61 Å². The van der Waals surface area contributed by atoms with E-state index in [-0.39, 0.29) is 5.97 Å². The minimum Gasteiger partial charge on any atom is -0.465 e. The van der Waals surface area contributed by atoms with Gasteiger partial charge in [0.25, 0.3) is 0 Å². The molecule has 0 saturated carbocycles. The number of carbonyl (C=O) groups is 1. The number of cyclic esters (lactones) is 1. The maximum Gasteiger partial charge on any atom is 0.306 e. The fourth-order valence-corrected chi connectivity index (χ4v) is 0.912. The molecule has 2 atom stereocenters. The molecule has 0 aromatic rings. The van der Waals surface area contributed by atoms with Crippen molar-refractivity contribution in [2.24, 2.45) is 11.8 Å².